The first-order valence-electron chi connectivity index (χ1n) is 9.64. The Morgan fingerprint density at radius 2 is 1.65 bits per heavy atom. The fraction of sp³-hybridized carbons (Fsp3) is 0.435. The summed E-state index contributed by atoms with van der Waals surface area (Å²) < 4.78 is 0. The maximum Gasteiger partial charge on any atom is 0.230 e. The molecule has 26 heavy (non-hydrogen) atoms. The van der Waals surface area contributed by atoms with Crippen molar-refractivity contribution in [2.24, 2.45) is 5.41 Å². The average molecular weight is 351 g/mol. The monoisotopic (exact) mass is 350 g/mol. The largest absolute Gasteiger partial charge is 0.326 e. The maximum atomic E-state index is 12.8. The SMILES string of the molecule is CC(C)c1ccc(NC(=O)C2(C)CCN(Cc3ccccc3)CC2)cc1. The Balaban J connectivity index is 1.55. The third-order valence-electron chi connectivity index (χ3n) is 5.59. The van der Waals surface area contributed by atoms with Crippen LogP contribution in [0.1, 0.15) is 50.7 Å². The van der Waals surface area contributed by atoms with E-state index in [1.54, 1.807) is 0 Å². The summed E-state index contributed by atoms with van der Waals surface area (Å²) in [6.45, 7) is 9.35. The molecule has 138 valence electrons. The zero-order chi connectivity index (χ0) is 18.6. The van der Waals surface area contributed by atoms with Crippen LogP contribution in [0.2, 0.25) is 0 Å². The maximum absolute atomic E-state index is 12.8. The topological polar surface area (TPSA) is 32.3 Å². The number of hydrogen-bond acceptors (Lipinski definition) is 2. The van der Waals surface area contributed by atoms with E-state index < -0.39 is 0 Å². The van der Waals surface area contributed by atoms with Crippen molar-refractivity contribution in [1.29, 1.82) is 0 Å². The Bertz CT molecular complexity index is 714. The van der Waals surface area contributed by atoms with Crippen LogP contribution in [-0.2, 0) is 11.3 Å². The van der Waals surface area contributed by atoms with Gasteiger partial charge in [-0.25, -0.2) is 0 Å². The predicted molar refractivity (Wildman–Crippen MR) is 108 cm³/mol. The normalized spacial score (nSPS) is 17.2. The van der Waals surface area contributed by atoms with Gasteiger partial charge in [0.1, 0.15) is 0 Å². The second-order valence-corrected chi connectivity index (χ2v) is 8.05. The van der Waals surface area contributed by atoms with E-state index >= 15 is 0 Å². The van der Waals surface area contributed by atoms with E-state index in [0.29, 0.717) is 5.92 Å². The first kappa shape index (κ1) is 18.7. The van der Waals surface area contributed by atoms with Crippen molar-refractivity contribution in [3.05, 3.63) is 65.7 Å². The van der Waals surface area contributed by atoms with Crippen LogP contribution in [0.3, 0.4) is 0 Å². The molecule has 0 radical (unpaired) electrons. The molecule has 3 rings (SSSR count). The number of piperidine rings is 1. The first-order valence-corrected chi connectivity index (χ1v) is 9.64. The number of nitrogens with one attached hydrogen (secondary N) is 1. The lowest BCUT2D eigenvalue weighted by molar-refractivity contribution is -0.127. The second-order valence-electron chi connectivity index (χ2n) is 8.05. The molecule has 0 atom stereocenters. The molecule has 1 aliphatic heterocycles. The van der Waals surface area contributed by atoms with Crippen LogP contribution in [0.15, 0.2) is 54.6 Å². The van der Waals surface area contributed by atoms with Gasteiger partial charge in [0.2, 0.25) is 5.91 Å². The lowest BCUT2D eigenvalue weighted by atomic mass is 9.79. The molecule has 3 nitrogen and oxygen atoms in total. The molecule has 0 saturated carbocycles. The molecule has 1 amide bonds. The highest BCUT2D eigenvalue weighted by molar-refractivity contribution is 5.95. The molecule has 0 aromatic heterocycles. The molecule has 1 N–H and O–H groups in total. The third kappa shape index (κ3) is 4.53. The van der Waals surface area contributed by atoms with Crippen molar-refractivity contribution < 1.29 is 4.79 Å². The molecular weight excluding hydrogens is 320 g/mol. The number of rotatable bonds is 5. The van der Waals surface area contributed by atoms with Gasteiger partial charge in [-0.05, 0) is 55.1 Å². The zero-order valence-electron chi connectivity index (χ0n) is 16.2. The Morgan fingerprint density at radius 1 is 1.04 bits per heavy atom. The van der Waals surface area contributed by atoms with Crippen LogP contribution in [0.4, 0.5) is 5.69 Å². The lowest BCUT2D eigenvalue weighted by Crippen LogP contribution is -2.44. The van der Waals surface area contributed by atoms with Crippen molar-refractivity contribution in [3.8, 4) is 0 Å². The van der Waals surface area contributed by atoms with Gasteiger partial charge in [0.25, 0.3) is 0 Å². The van der Waals surface area contributed by atoms with E-state index in [-0.39, 0.29) is 11.3 Å². The summed E-state index contributed by atoms with van der Waals surface area (Å²) in [5.41, 5.74) is 3.24. The van der Waals surface area contributed by atoms with E-state index in [2.05, 4.69) is 73.5 Å². The van der Waals surface area contributed by atoms with E-state index in [0.717, 1.165) is 38.2 Å². The molecule has 0 aliphatic carbocycles. The van der Waals surface area contributed by atoms with E-state index in [4.69, 9.17) is 0 Å². The zero-order valence-corrected chi connectivity index (χ0v) is 16.2. The summed E-state index contributed by atoms with van der Waals surface area (Å²) in [7, 11) is 0. The molecule has 2 aromatic rings. The Kier molecular flexibility index (Phi) is 5.77. The number of benzene rings is 2. The fourth-order valence-corrected chi connectivity index (χ4v) is 3.51. The molecule has 2 aromatic carbocycles. The van der Waals surface area contributed by atoms with Crippen LogP contribution in [0.25, 0.3) is 0 Å². The number of likely N-dealkylation sites (tertiary alicyclic amines) is 1. The molecule has 1 heterocycles. The number of carbonyl (C=O) groups is 1. The summed E-state index contributed by atoms with van der Waals surface area (Å²) in [4.78, 5) is 15.3. The quantitative estimate of drug-likeness (QED) is 0.818. The summed E-state index contributed by atoms with van der Waals surface area (Å²) >= 11 is 0. The van der Waals surface area contributed by atoms with Gasteiger partial charge in [-0.3, -0.25) is 9.69 Å². The number of amides is 1. The second kappa shape index (κ2) is 8.05. The Hall–Kier alpha value is -2.13. The highest BCUT2D eigenvalue weighted by Crippen LogP contribution is 2.33. The average Bonchev–Trinajstić information content (AvgIpc) is 2.65. The van der Waals surface area contributed by atoms with Crippen molar-refractivity contribution in [2.45, 2.75) is 46.1 Å². The minimum absolute atomic E-state index is 0.147. The molecule has 3 heteroatoms. The van der Waals surface area contributed by atoms with E-state index in [1.807, 2.05) is 12.1 Å². The highest BCUT2D eigenvalue weighted by atomic mass is 16.2. The van der Waals surface area contributed by atoms with Crippen LogP contribution in [0.5, 0.6) is 0 Å². The van der Waals surface area contributed by atoms with Gasteiger partial charge in [0.05, 0.1) is 0 Å². The van der Waals surface area contributed by atoms with E-state index in [9.17, 15) is 4.79 Å². The van der Waals surface area contributed by atoms with Gasteiger partial charge in [0, 0.05) is 17.6 Å². The standard InChI is InChI=1S/C23H30N2O/c1-18(2)20-9-11-21(12-10-20)24-22(26)23(3)13-15-25(16-14-23)17-19-7-5-4-6-8-19/h4-12,18H,13-17H2,1-3H3,(H,24,26). The molecule has 1 saturated heterocycles. The highest BCUT2D eigenvalue weighted by Gasteiger charge is 2.36. The summed E-state index contributed by atoms with van der Waals surface area (Å²) in [6.07, 6.45) is 1.80. The summed E-state index contributed by atoms with van der Waals surface area (Å²) in [6, 6.07) is 18.8. The lowest BCUT2D eigenvalue weighted by Gasteiger charge is -2.38. The van der Waals surface area contributed by atoms with Crippen molar-refractivity contribution >= 4 is 11.6 Å². The molecule has 0 unspecified atom stereocenters. The van der Waals surface area contributed by atoms with Crippen molar-refractivity contribution in [2.75, 3.05) is 18.4 Å². The number of carbonyl (C=O) groups excluding carboxylic acids is 1. The fourth-order valence-electron chi connectivity index (χ4n) is 3.51. The molecular formula is C23H30N2O. The third-order valence-corrected chi connectivity index (χ3v) is 5.59. The van der Waals surface area contributed by atoms with Crippen LogP contribution in [-0.4, -0.2) is 23.9 Å². The number of nitrogens with zero attached hydrogens (tertiary/aromatic N) is 1. The molecule has 1 aliphatic rings. The number of anilines is 1. The van der Waals surface area contributed by atoms with Crippen LogP contribution in [0, 0.1) is 5.41 Å². The molecule has 1 fully saturated rings. The Labute approximate surface area is 157 Å². The molecule has 0 bridgehead atoms. The van der Waals surface area contributed by atoms with Gasteiger partial charge in [-0.15, -0.1) is 0 Å². The Morgan fingerprint density at radius 3 is 2.23 bits per heavy atom. The van der Waals surface area contributed by atoms with Crippen molar-refractivity contribution in [3.63, 3.8) is 0 Å². The van der Waals surface area contributed by atoms with Gasteiger partial charge in [0.15, 0.2) is 0 Å². The number of hydrogen-bond donors (Lipinski definition) is 1. The molecule has 0 spiro atoms. The summed E-state index contributed by atoms with van der Waals surface area (Å²) in [5.74, 6) is 0.653. The van der Waals surface area contributed by atoms with Gasteiger partial charge in [-0.2, -0.15) is 0 Å². The van der Waals surface area contributed by atoms with E-state index in [1.165, 1.54) is 11.1 Å². The van der Waals surface area contributed by atoms with Gasteiger partial charge >= 0.3 is 0 Å². The minimum Gasteiger partial charge on any atom is -0.326 e. The van der Waals surface area contributed by atoms with Gasteiger partial charge in [-0.1, -0.05) is 63.2 Å². The van der Waals surface area contributed by atoms with Crippen molar-refractivity contribution in [1.82, 2.24) is 4.90 Å². The minimum atomic E-state index is -0.288. The predicted octanol–water partition coefficient (Wildman–Crippen LogP) is 5.05. The van der Waals surface area contributed by atoms with Gasteiger partial charge < -0.3 is 5.32 Å². The smallest absolute Gasteiger partial charge is 0.230 e. The van der Waals surface area contributed by atoms with Crippen LogP contribution < -0.4 is 5.32 Å². The van der Waals surface area contributed by atoms with Crippen LogP contribution >= 0.6 is 0 Å². The first-order chi connectivity index (χ1) is 12.5. The summed E-state index contributed by atoms with van der Waals surface area (Å²) in [5, 5.41) is 3.13.